The zero-order valence-corrected chi connectivity index (χ0v) is 9.36. The smallest absolute Gasteiger partial charge is 0.228 e. The van der Waals surface area contributed by atoms with Crippen LogP contribution in [-0.4, -0.2) is 11.1 Å². The van der Waals surface area contributed by atoms with Gasteiger partial charge < -0.3 is 9.84 Å². The van der Waals surface area contributed by atoms with E-state index >= 15 is 0 Å². The Morgan fingerprint density at radius 2 is 2.25 bits per heavy atom. The van der Waals surface area contributed by atoms with Gasteiger partial charge in [0.1, 0.15) is 0 Å². The molecule has 1 unspecified atom stereocenters. The van der Waals surface area contributed by atoms with Crippen molar-refractivity contribution < 1.29 is 9.32 Å². The first-order valence-electron chi connectivity index (χ1n) is 5.37. The van der Waals surface area contributed by atoms with Crippen LogP contribution < -0.4 is 5.32 Å². The molecule has 2 aromatic rings. The lowest BCUT2D eigenvalue weighted by Gasteiger charge is -2.06. The number of nitrogens with one attached hydrogen (secondary N) is 1. The first-order valence-corrected chi connectivity index (χ1v) is 5.37. The average molecular weight is 218 g/mol. The summed E-state index contributed by atoms with van der Waals surface area (Å²) < 4.78 is 5.10. The summed E-state index contributed by atoms with van der Waals surface area (Å²) in [6, 6.07) is 7.45. The summed E-state index contributed by atoms with van der Waals surface area (Å²) in [4.78, 5) is 11.7. The average Bonchev–Trinajstić information content (AvgIpc) is 2.72. The number of carbonyl (C=O) groups excluding carboxylic acids is 1. The Morgan fingerprint density at radius 1 is 1.50 bits per heavy atom. The number of anilines is 1. The van der Waals surface area contributed by atoms with Crippen molar-refractivity contribution in [1.29, 1.82) is 0 Å². The van der Waals surface area contributed by atoms with Gasteiger partial charge in [0, 0.05) is 5.92 Å². The molecule has 0 aliphatic heterocycles. The minimum Gasteiger partial charge on any atom is -0.354 e. The quantitative estimate of drug-likeness (QED) is 0.861. The van der Waals surface area contributed by atoms with E-state index in [0.717, 1.165) is 11.8 Å². The molecule has 0 fully saturated rings. The van der Waals surface area contributed by atoms with Crippen molar-refractivity contribution in [3.05, 3.63) is 24.3 Å². The zero-order chi connectivity index (χ0) is 11.5. The van der Waals surface area contributed by atoms with E-state index in [1.165, 1.54) is 0 Å². The summed E-state index contributed by atoms with van der Waals surface area (Å²) in [5, 5.41) is 7.45. The van der Waals surface area contributed by atoms with Crippen molar-refractivity contribution in [2.24, 2.45) is 5.92 Å². The highest BCUT2D eigenvalue weighted by molar-refractivity contribution is 5.99. The van der Waals surface area contributed by atoms with Gasteiger partial charge in [-0.3, -0.25) is 4.79 Å². The van der Waals surface area contributed by atoms with Crippen molar-refractivity contribution >= 4 is 22.7 Å². The van der Waals surface area contributed by atoms with Crippen molar-refractivity contribution in [2.75, 3.05) is 5.32 Å². The number of carbonyl (C=O) groups is 1. The van der Waals surface area contributed by atoms with Crippen LogP contribution in [0.2, 0.25) is 0 Å². The van der Waals surface area contributed by atoms with Gasteiger partial charge in [0.2, 0.25) is 5.91 Å². The van der Waals surface area contributed by atoms with Crippen LogP contribution in [0, 0.1) is 5.92 Å². The van der Waals surface area contributed by atoms with E-state index in [-0.39, 0.29) is 11.8 Å². The summed E-state index contributed by atoms with van der Waals surface area (Å²) in [7, 11) is 0. The van der Waals surface area contributed by atoms with E-state index in [2.05, 4.69) is 10.5 Å². The highest BCUT2D eigenvalue weighted by atomic mass is 16.5. The normalized spacial score (nSPS) is 12.6. The second-order valence-electron chi connectivity index (χ2n) is 3.83. The van der Waals surface area contributed by atoms with Gasteiger partial charge in [0.25, 0.3) is 0 Å². The van der Waals surface area contributed by atoms with Crippen LogP contribution in [0.25, 0.3) is 11.0 Å². The molecule has 1 aromatic carbocycles. The Hall–Kier alpha value is -1.84. The third-order valence-corrected chi connectivity index (χ3v) is 2.68. The summed E-state index contributed by atoms with van der Waals surface area (Å²) in [5.74, 6) is 0.456. The molecule has 16 heavy (non-hydrogen) atoms. The molecule has 84 valence electrons. The Morgan fingerprint density at radius 3 is 3.00 bits per heavy atom. The van der Waals surface area contributed by atoms with Gasteiger partial charge in [-0.2, -0.15) is 0 Å². The van der Waals surface area contributed by atoms with Crippen molar-refractivity contribution in [3.8, 4) is 0 Å². The monoisotopic (exact) mass is 218 g/mol. The predicted molar refractivity (Wildman–Crippen MR) is 62.1 cm³/mol. The van der Waals surface area contributed by atoms with E-state index in [9.17, 15) is 4.79 Å². The molecule has 1 heterocycles. The number of para-hydroxylation sites is 1. The molecule has 2 rings (SSSR count). The van der Waals surface area contributed by atoms with E-state index in [1.807, 2.05) is 38.1 Å². The molecular weight excluding hydrogens is 204 g/mol. The molecule has 1 amide bonds. The van der Waals surface area contributed by atoms with Gasteiger partial charge in [0.15, 0.2) is 11.4 Å². The molecule has 0 aliphatic rings. The molecule has 1 atom stereocenters. The standard InChI is InChI=1S/C12H14N2O2/c1-3-8(2)12(15)13-11-9-6-4-5-7-10(9)16-14-11/h4-8H,3H2,1-2H3,(H,13,14,15). The number of amides is 1. The number of rotatable bonds is 3. The van der Waals surface area contributed by atoms with Crippen LogP contribution in [0.5, 0.6) is 0 Å². The predicted octanol–water partition coefficient (Wildman–Crippen LogP) is 2.81. The highest BCUT2D eigenvalue weighted by Crippen LogP contribution is 2.22. The first kappa shape index (κ1) is 10.7. The number of hydrogen-bond acceptors (Lipinski definition) is 3. The van der Waals surface area contributed by atoms with Crippen molar-refractivity contribution in [2.45, 2.75) is 20.3 Å². The fourth-order valence-corrected chi connectivity index (χ4v) is 1.40. The molecule has 0 radical (unpaired) electrons. The molecular formula is C12H14N2O2. The third kappa shape index (κ3) is 1.91. The van der Waals surface area contributed by atoms with Crippen molar-refractivity contribution in [1.82, 2.24) is 5.16 Å². The highest BCUT2D eigenvalue weighted by Gasteiger charge is 2.14. The molecule has 0 spiro atoms. The van der Waals surface area contributed by atoms with Crippen LogP contribution in [-0.2, 0) is 4.79 Å². The lowest BCUT2D eigenvalue weighted by molar-refractivity contribution is -0.119. The molecule has 1 N–H and O–H groups in total. The van der Waals surface area contributed by atoms with Gasteiger partial charge in [-0.25, -0.2) is 0 Å². The topological polar surface area (TPSA) is 55.1 Å². The van der Waals surface area contributed by atoms with E-state index in [1.54, 1.807) is 0 Å². The first-order chi connectivity index (χ1) is 7.72. The summed E-state index contributed by atoms with van der Waals surface area (Å²) in [5.41, 5.74) is 0.682. The number of fused-ring (bicyclic) bond motifs is 1. The maximum atomic E-state index is 11.7. The van der Waals surface area contributed by atoms with E-state index < -0.39 is 0 Å². The Bertz CT molecular complexity index is 504. The SMILES string of the molecule is CCC(C)C(=O)Nc1noc2ccccc12. The van der Waals surface area contributed by atoms with Gasteiger partial charge in [-0.15, -0.1) is 0 Å². The van der Waals surface area contributed by atoms with Crippen LogP contribution in [0.15, 0.2) is 28.8 Å². The molecule has 0 saturated carbocycles. The van der Waals surface area contributed by atoms with Crippen LogP contribution in [0.4, 0.5) is 5.82 Å². The Balaban J connectivity index is 2.25. The third-order valence-electron chi connectivity index (χ3n) is 2.68. The van der Waals surface area contributed by atoms with E-state index in [0.29, 0.717) is 11.4 Å². The molecule has 1 aromatic heterocycles. The fraction of sp³-hybridized carbons (Fsp3) is 0.333. The van der Waals surface area contributed by atoms with Gasteiger partial charge >= 0.3 is 0 Å². The molecule has 4 nitrogen and oxygen atoms in total. The number of hydrogen-bond donors (Lipinski definition) is 1. The second-order valence-corrected chi connectivity index (χ2v) is 3.83. The molecule has 4 heteroatoms. The minimum atomic E-state index is -0.0263. The minimum absolute atomic E-state index is 0.0181. The van der Waals surface area contributed by atoms with Crippen LogP contribution in [0.3, 0.4) is 0 Å². The number of aromatic nitrogens is 1. The lowest BCUT2D eigenvalue weighted by atomic mass is 10.1. The number of benzene rings is 1. The van der Waals surface area contributed by atoms with Gasteiger partial charge in [-0.1, -0.05) is 31.1 Å². The maximum absolute atomic E-state index is 11.7. The fourth-order valence-electron chi connectivity index (χ4n) is 1.40. The largest absolute Gasteiger partial charge is 0.354 e. The van der Waals surface area contributed by atoms with Crippen LogP contribution >= 0.6 is 0 Å². The Labute approximate surface area is 93.6 Å². The van der Waals surface area contributed by atoms with Crippen LogP contribution in [0.1, 0.15) is 20.3 Å². The maximum Gasteiger partial charge on any atom is 0.228 e. The molecule has 0 saturated heterocycles. The van der Waals surface area contributed by atoms with Crippen molar-refractivity contribution in [3.63, 3.8) is 0 Å². The molecule has 0 bridgehead atoms. The van der Waals surface area contributed by atoms with Gasteiger partial charge in [0.05, 0.1) is 5.39 Å². The summed E-state index contributed by atoms with van der Waals surface area (Å²) >= 11 is 0. The number of nitrogens with zero attached hydrogens (tertiary/aromatic N) is 1. The second kappa shape index (κ2) is 4.35. The Kier molecular flexibility index (Phi) is 2.90. The summed E-state index contributed by atoms with van der Waals surface area (Å²) in [6.45, 7) is 3.86. The van der Waals surface area contributed by atoms with Gasteiger partial charge in [-0.05, 0) is 18.6 Å². The molecule has 0 aliphatic carbocycles. The zero-order valence-electron chi connectivity index (χ0n) is 9.36. The summed E-state index contributed by atoms with van der Waals surface area (Å²) in [6.07, 6.45) is 0.807. The lowest BCUT2D eigenvalue weighted by Crippen LogP contribution is -2.19. The van der Waals surface area contributed by atoms with E-state index in [4.69, 9.17) is 4.52 Å².